The van der Waals surface area contributed by atoms with Crippen LogP contribution in [0.15, 0.2) is 42.5 Å². The van der Waals surface area contributed by atoms with E-state index >= 15 is 0 Å². The monoisotopic (exact) mass is 283 g/mol. The van der Waals surface area contributed by atoms with Crippen LogP contribution in [0.2, 0.25) is 10.0 Å². The molecule has 1 unspecified atom stereocenters. The normalized spacial score (nSPS) is 12.4. The Labute approximate surface area is 115 Å². The highest BCUT2D eigenvalue weighted by Crippen LogP contribution is 2.25. The molecule has 0 saturated carbocycles. The Morgan fingerprint density at radius 3 is 2.56 bits per heavy atom. The maximum atomic E-state index is 12.9. The van der Waals surface area contributed by atoms with Gasteiger partial charge in [-0.05, 0) is 41.8 Å². The van der Waals surface area contributed by atoms with E-state index in [2.05, 4.69) is 0 Å². The van der Waals surface area contributed by atoms with Gasteiger partial charge in [0.15, 0.2) is 0 Å². The molecule has 2 aromatic rings. The largest absolute Gasteiger partial charge is 0.324 e. The summed E-state index contributed by atoms with van der Waals surface area (Å²) in [5, 5.41) is 1.02. The minimum absolute atomic E-state index is 0.281. The van der Waals surface area contributed by atoms with E-state index in [1.165, 1.54) is 12.1 Å². The molecule has 2 N–H and O–H groups in total. The fraction of sp³-hybridized carbons (Fsp3) is 0.143. The summed E-state index contributed by atoms with van der Waals surface area (Å²) in [6.45, 7) is 0. The van der Waals surface area contributed by atoms with Crippen molar-refractivity contribution in [2.75, 3.05) is 0 Å². The average molecular weight is 284 g/mol. The molecule has 2 rings (SSSR count). The lowest BCUT2D eigenvalue weighted by atomic mass is 10.00. The van der Waals surface area contributed by atoms with E-state index in [0.29, 0.717) is 16.5 Å². The van der Waals surface area contributed by atoms with Crippen molar-refractivity contribution < 1.29 is 4.39 Å². The number of hydrogen-bond acceptors (Lipinski definition) is 1. The third-order valence-electron chi connectivity index (χ3n) is 2.71. The molecule has 0 amide bonds. The molecule has 94 valence electrons. The summed E-state index contributed by atoms with van der Waals surface area (Å²) in [6, 6.07) is 11.5. The van der Waals surface area contributed by atoms with E-state index in [9.17, 15) is 4.39 Å². The van der Waals surface area contributed by atoms with Crippen LogP contribution in [0.3, 0.4) is 0 Å². The first-order valence-electron chi connectivity index (χ1n) is 5.51. The van der Waals surface area contributed by atoms with Gasteiger partial charge >= 0.3 is 0 Å². The van der Waals surface area contributed by atoms with Gasteiger partial charge in [0.05, 0.1) is 0 Å². The van der Waals surface area contributed by atoms with Gasteiger partial charge in [-0.1, -0.05) is 41.4 Å². The summed E-state index contributed by atoms with van der Waals surface area (Å²) in [5.74, 6) is -0.362. The molecule has 0 aliphatic rings. The van der Waals surface area contributed by atoms with Gasteiger partial charge in [-0.3, -0.25) is 0 Å². The fourth-order valence-corrected chi connectivity index (χ4v) is 2.35. The van der Waals surface area contributed by atoms with Crippen LogP contribution < -0.4 is 5.73 Å². The molecular formula is C14H12Cl2FN. The Balaban J connectivity index is 2.19. The van der Waals surface area contributed by atoms with Gasteiger partial charge in [-0.25, -0.2) is 4.39 Å². The number of rotatable bonds is 3. The smallest absolute Gasteiger partial charge is 0.124 e. The molecule has 0 bridgehead atoms. The minimum atomic E-state index is -0.362. The zero-order valence-electron chi connectivity index (χ0n) is 9.54. The Kier molecular flexibility index (Phi) is 4.23. The SMILES string of the molecule is NC(Cc1cccc(Cl)c1)c1ccc(F)cc1Cl. The predicted molar refractivity (Wildman–Crippen MR) is 73.5 cm³/mol. The van der Waals surface area contributed by atoms with Crippen molar-refractivity contribution in [2.24, 2.45) is 5.73 Å². The van der Waals surface area contributed by atoms with Gasteiger partial charge in [0.25, 0.3) is 0 Å². The lowest BCUT2D eigenvalue weighted by Crippen LogP contribution is -2.14. The third-order valence-corrected chi connectivity index (χ3v) is 3.27. The molecule has 4 heteroatoms. The van der Waals surface area contributed by atoms with Gasteiger partial charge < -0.3 is 5.73 Å². The molecule has 0 spiro atoms. The molecule has 0 radical (unpaired) electrons. The van der Waals surface area contributed by atoms with Crippen molar-refractivity contribution >= 4 is 23.2 Å². The molecule has 2 aromatic carbocycles. The highest BCUT2D eigenvalue weighted by Gasteiger charge is 2.11. The maximum absolute atomic E-state index is 12.9. The van der Waals surface area contributed by atoms with Crippen molar-refractivity contribution in [1.82, 2.24) is 0 Å². The van der Waals surface area contributed by atoms with Gasteiger partial charge in [-0.15, -0.1) is 0 Å². The number of halogens is 3. The summed E-state index contributed by atoms with van der Waals surface area (Å²) in [6.07, 6.45) is 0.603. The Morgan fingerprint density at radius 2 is 1.89 bits per heavy atom. The summed E-state index contributed by atoms with van der Waals surface area (Å²) >= 11 is 11.9. The van der Waals surface area contributed by atoms with E-state index in [-0.39, 0.29) is 11.9 Å². The molecule has 1 atom stereocenters. The van der Waals surface area contributed by atoms with Crippen LogP contribution in [0.25, 0.3) is 0 Å². The van der Waals surface area contributed by atoms with Gasteiger partial charge in [0.2, 0.25) is 0 Å². The Morgan fingerprint density at radius 1 is 1.11 bits per heavy atom. The van der Waals surface area contributed by atoms with Crippen LogP contribution in [0, 0.1) is 5.82 Å². The predicted octanol–water partition coefficient (Wildman–Crippen LogP) is 4.38. The second-order valence-electron chi connectivity index (χ2n) is 4.11. The van der Waals surface area contributed by atoms with Crippen LogP contribution in [0.5, 0.6) is 0 Å². The highest BCUT2D eigenvalue weighted by atomic mass is 35.5. The first-order valence-corrected chi connectivity index (χ1v) is 6.27. The molecule has 0 aliphatic heterocycles. The minimum Gasteiger partial charge on any atom is -0.324 e. The van der Waals surface area contributed by atoms with Gasteiger partial charge in [0, 0.05) is 16.1 Å². The Bertz CT molecular complexity index is 557. The lowest BCUT2D eigenvalue weighted by molar-refractivity contribution is 0.624. The fourth-order valence-electron chi connectivity index (χ4n) is 1.83. The van der Waals surface area contributed by atoms with Crippen molar-refractivity contribution in [3.8, 4) is 0 Å². The molecule has 0 aliphatic carbocycles. The van der Waals surface area contributed by atoms with Crippen molar-refractivity contribution in [2.45, 2.75) is 12.5 Å². The number of nitrogens with two attached hydrogens (primary N) is 1. The van der Waals surface area contributed by atoms with Crippen LogP contribution in [-0.2, 0) is 6.42 Å². The van der Waals surface area contributed by atoms with Crippen molar-refractivity contribution in [3.05, 3.63) is 69.5 Å². The maximum Gasteiger partial charge on any atom is 0.124 e. The molecule has 18 heavy (non-hydrogen) atoms. The zero-order chi connectivity index (χ0) is 13.1. The highest BCUT2D eigenvalue weighted by molar-refractivity contribution is 6.31. The quantitative estimate of drug-likeness (QED) is 0.889. The van der Waals surface area contributed by atoms with E-state index in [4.69, 9.17) is 28.9 Å². The summed E-state index contributed by atoms with van der Waals surface area (Å²) in [5.41, 5.74) is 7.84. The van der Waals surface area contributed by atoms with Crippen LogP contribution >= 0.6 is 23.2 Å². The van der Waals surface area contributed by atoms with Crippen LogP contribution in [0.4, 0.5) is 4.39 Å². The first kappa shape index (κ1) is 13.3. The van der Waals surface area contributed by atoms with Gasteiger partial charge in [0.1, 0.15) is 5.82 Å². The molecule has 0 heterocycles. The summed E-state index contributed by atoms with van der Waals surface area (Å²) in [4.78, 5) is 0. The third kappa shape index (κ3) is 3.22. The molecule has 0 saturated heterocycles. The van der Waals surface area contributed by atoms with E-state index in [1.54, 1.807) is 12.1 Å². The first-order chi connectivity index (χ1) is 8.56. The Hall–Kier alpha value is -1.09. The molecule has 0 aromatic heterocycles. The van der Waals surface area contributed by atoms with Crippen molar-refractivity contribution in [1.29, 1.82) is 0 Å². The molecular weight excluding hydrogens is 272 g/mol. The molecule has 0 fully saturated rings. The van der Waals surface area contributed by atoms with Gasteiger partial charge in [-0.2, -0.15) is 0 Å². The summed E-state index contributed by atoms with van der Waals surface area (Å²) in [7, 11) is 0. The number of benzene rings is 2. The lowest BCUT2D eigenvalue weighted by Gasteiger charge is -2.14. The van der Waals surface area contributed by atoms with Crippen molar-refractivity contribution in [3.63, 3.8) is 0 Å². The van der Waals surface area contributed by atoms with Crippen LogP contribution in [-0.4, -0.2) is 0 Å². The second kappa shape index (κ2) is 5.70. The number of hydrogen-bond donors (Lipinski definition) is 1. The average Bonchev–Trinajstić information content (AvgIpc) is 2.28. The molecule has 1 nitrogen and oxygen atoms in total. The zero-order valence-corrected chi connectivity index (χ0v) is 11.0. The van der Waals surface area contributed by atoms with E-state index in [1.807, 2.05) is 18.2 Å². The standard InChI is InChI=1S/C14H12Cl2FN/c15-10-3-1-2-9(6-10)7-14(18)12-5-4-11(17)8-13(12)16/h1-6,8,14H,7,18H2. The van der Waals surface area contributed by atoms with E-state index in [0.717, 1.165) is 11.1 Å². The van der Waals surface area contributed by atoms with E-state index < -0.39 is 0 Å². The topological polar surface area (TPSA) is 26.0 Å². The summed E-state index contributed by atoms with van der Waals surface area (Å²) < 4.78 is 12.9. The second-order valence-corrected chi connectivity index (χ2v) is 4.95. The van der Waals surface area contributed by atoms with Crippen LogP contribution in [0.1, 0.15) is 17.2 Å².